The zero-order chi connectivity index (χ0) is 14.2. The number of carbonyl (C=O) groups is 1. The van der Waals surface area contributed by atoms with Crippen LogP contribution in [0.4, 0.5) is 4.39 Å². The summed E-state index contributed by atoms with van der Waals surface area (Å²) in [5.41, 5.74) is 0.244. The number of aromatic amines is 1. The summed E-state index contributed by atoms with van der Waals surface area (Å²) in [6, 6.07) is 4.45. The fraction of sp³-hybridized carbons (Fsp3) is 0.357. The molecule has 0 saturated heterocycles. The molecule has 2 rings (SSSR count). The average Bonchev–Trinajstić information content (AvgIpc) is 2.68. The van der Waals surface area contributed by atoms with E-state index in [0.717, 1.165) is 0 Å². The third kappa shape index (κ3) is 2.86. The van der Waals surface area contributed by atoms with E-state index in [1.807, 2.05) is 0 Å². The first kappa shape index (κ1) is 13.4. The van der Waals surface area contributed by atoms with E-state index in [1.54, 1.807) is 26.8 Å². The number of halogens is 1. The van der Waals surface area contributed by atoms with E-state index >= 15 is 0 Å². The maximum atomic E-state index is 13.5. The summed E-state index contributed by atoms with van der Waals surface area (Å²) < 4.78 is 23.7. The Kier molecular flexibility index (Phi) is 3.22. The second-order valence-electron chi connectivity index (χ2n) is 5.26. The van der Waals surface area contributed by atoms with Crippen molar-refractivity contribution in [1.82, 2.24) is 4.98 Å². The molecule has 0 amide bonds. The summed E-state index contributed by atoms with van der Waals surface area (Å²) in [5, 5.41) is 0.694. The van der Waals surface area contributed by atoms with E-state index in [1.165, 1.54) is 19.2 Å². The predicted octanol–water partition coefficient (Wildman–Crippen LogP) is 3.27. The zero-order valence-corrected chi connectivity index (χ0v) is 11.3. The minimum atomic E-state index is -0.572. The molecule has 0 aliphatic heterocycles. The number of methoxy groups -OCH3 is 1. The fourth-order valence-corrected chi connectivity index (χ4v) is 1.73. The van der Waals surface area contributed by atoms with Crippen LogP contribution in [0.25, 0.3) is 10.9 Å². The molecule has 0 radical (unpaired) electrons. The van der Waals surface area contributed by atoms with Gasteiger partial charge in [-0.3, -0.25) is 0 Å². The largest absolute Gasteiger partial charge is 0.494 e. The molecule has 0 fully saturated rings. The van der Waals surface area contributed by atoms with Gasteiger partial charge in [0.05, 0.1) is 7.11 Å². The Morgan fingerprint density at radius 2 is 1.95 bits per heavy atom. The molecular weight excluding hydrogens is 249 g/mol. The number of benzene rings is 1. The number of fused-ring (bicyclic) bond motifs is 1. The van der Waals surface area contributed by atoms with E-state index < -0.39 is 17.4 Å². The smallest absolute Gasteiger partial charge is 0.355 e. The lowest BCUT2D eigenvalue weighted by molar-refractivity contribution is 0.00639. The molecule has 0 saturated carbocycles. The average molecular weight is 265 g/mol. The van der Waals surface area contributed by atoms with Crippen molar-refractivity contribution in [2.24, 2.45) is 0 Å². The highest BCUT2D eigenvalue weighted by atomic mass is 19.1. The Bertz CT molecular complexity index is 625. The van der Waals surface area contributed by atoms with Gasteiger partial charge in [-0.25, -0.2) is 9.18 Å². The number of aromatic nitrogens is 1. The van der Waals surface area contributed by atoms with Gasteiger partial charge in [0.25, 0.3) is 0 Å². The van der Waals surface area contributed by atoms with Gasteiger partial charge >= 0.3 is 5.97 Å². The van der Waals surface area contributed by atoms with Crippen molar-refractivity contribution in [2.45, 2.75) is 26.4 Å². The second kappa shape index (κ2) is 4.57. The Labute approximate surface area is 110 Å². The zero-order valence-electron chi connectivity index (χ0n) is 11.3. The quantitative estimate of drug-likeness (QED) is 0.848. The van der Waals surface area contributed by atoms with Gasteiger partial charge in [-0.1, -0.05) is 0 Å². The van der Waals surface area contributed by atoms with Crippen molar-refractivity contribution >= 4 is 16.9 Å². The normalized spacial score (nSPS) is 11.6. The van der Waals surface area contributed by atoms with Gasteiger partial charge in [0.2, 0.25) is 0 Å². The van der Waals surface area contributed by atoms with Gasteiger partial charge in [-0.2, -0.15) is 0 Å². The Balaban J connectivity index is 2.39. The highest BCUT2D eigenvalue weighted by molar-refractivity contribution is 5.95. The van der Waals surface area contributed by atoms with Crippen molar-refractivity contribution in [3.8, 4) is 5.75 Å². The summed E-state index contributed by atoms with van der Waals surface area (Å²) in [4.78, 5) is 14.7. The standard InChI is InChI=1S/C14H16FNO3/c1-14(2,3)19-13(17)11-5-8-6-12(18-4)9(15)7-10(8)16-11/h5-7,16H,1-4H3. The molecule has 1 aromatic heterocycles. The molecule has 0 spiro atoms. The van der Waals surface area contributed by atoms with Gasteiger partial charge in [-0.15, -0.1) is 0 Å². The van der Waals surface area contributed by atoms with Crippen LogP contribution in [0.3, 0.4) is 0 Å². The minimum Gasteiger partial charge on any atom is -0.494 e. The summed E-state index contributed by atoms with van der Waals surface area (Å²) in [6.45, 7) is 5.36. The van der Waals surface area contributed by atoms with Crippen LogP contribution in [0.2, 0.25) is 0 Å². The number of rotatable bonds is 2. The summed E-state index contributed by atoms with van der Waals surface area (Å²) >= 11 is 0. The van der Waals surface area contributed by atoms with Crippen LogP contribution in [0.1, 0.15) is 31.3 Å². The van der Waals surface area contributed by atoms with Gasteiger partial charge in [0, 0.05) is 17.0 Å². The highest BCUT2D eigenvalue weighted by Crippen LogP contribution is 2.25. The van der Waals surface area contributed by atoms with Crippen LogP contribution in [-0.4, -0.2) is 23.7 Å². The van der Waals surface area contributed by atoms with Gasteiger partial charge in [0.1, 0.15) is 11.3 Å². The third-order valence-corrected chi connectivity index (χ3v) is 2.51. The number of hydrogen-bond acceptors (Lipinski definition) is 3. The van der Waals surface area contributed by atoms with Gasteiger partial charge in [0.15, 0.2) is 11.6 Å². The molecule has 0 aliphatic carbocycles. The van der Waals surface area contributed by atoms with Crippen LogP contribution < -0.4 is 4.74 Å². The maximum absolute atomic E-state index is 13.5. The molecule has 2 aromatic rings. The molecule has 0 atom stereocenters. The van der Waals surface area contributed by atoms with Crippen molar-refractivity contribution in [2.75, 3.05) is 7.11 Å². The molecule has 1 N–H and O–H groups in total. The van der Waals surface area contributed by atoms with Crippen molar-refractivity contribution in [3.05, 3.63) is 29.7 Å². The topological polar surface area (TPSA) is 51.3 Å². The van der Waals surface area contributed by atoms with E-state index in [4.69, 9.17) is 9.47 Å². The Morgan fingerprint density at radius 1 is 1.26 bits per heavy atom. The van der Waals surface area contributed by atoms with E-state index in [9.17, 15) is 9.18 Å². The molecule has 19 heavy (non-hydrogen) atoms. The summed E-state index contributed by atoms with van der Waals surface area (Å²) in [6.07, 6.45) is 0. The number of esters is 1. The van der Waals surface area contributed by atoms with E-state index in [0.29, 0.717) is 10.9 Å². The molecule has 1 aromatic carbocycles. The third-order valence-electron chi connectivity index (χ3n) is 2.51. The number of nitrogens with one attached hydrogen (secondary N) is 1. The van der Waals surface area contributed by atoms with E-state index in [2.05, 4.69) is 4.98 Å². The number of H-pyrrole nitrogens is 1. The number of hydrogen-bond donors (Lipinski definition) is 1. The summed E-state index contributed by atoms with van der Waals surface area (Å²) in [5.74, 6) is -0.807. The molecule has 0 bridgehead atoms. The molecule has 0 aliphatic rings. The van der Waals surface area contributed by atoms with Crippen LogP contribution in [0.15, 0.2) is 18.2 Å². The van der Waals surface area contributed by atoms with Crippen LogP contribution in [-0.2, 0) is 4.74 Å². The first-order valence-electron chi connectivity index (χ1n) is 5.90. The first-order chi connectivity index (χ1) is 8.80. The molecule has 5 heteroatoms. The maximum Gasteiger partial charge on any atom is 0.355 e. The highest BCUT2D eigenvalue weighted by Gasteiger charge is 2.20. The van der Waals surface area contributed by atoms with Crippen LogP contribution >= 0.6 is 0 Å². The lowest BCUT2D eigenvalue weighted by Gasteiger charge is -2.18. The van der Waals surface area contributed by atoms with Crippen LogP contribution in [0.5, 0.6) is 5.75 Å². The minimum absolute atomic E-state index is 0.141. The Hall–Kier alpha value is -2.04. The lowest BCUT2D eigenvalue weighted by atomic mass is 10.2. The lowest BCUT2D eigenvalue weighted by Crippen LogP contribution is -2.24. The molecular formula is C14H16FNO3. The van der Waals surface area contributed by atoms with Gasteiger partial charge < -0.3 is 14.5 Å². The number of carbonyl (C=O) groups excluding carboxylic acids is 1. The monoisotopic (exact) mass is 265 g/mol. The molecule has 102 valence electrons. The molecule has 4 nitrogen and oxygen atoms in total. The van der Waals surface area contributed by atoms with Gasteiger partial charge in [-0.05, 0) is 32.9 Å². The van der Waals surface area contributed by atoms with Crippen molar-refractivity contribution in [1.29, 1.82) is 0 Å². The first-order valence-corrected chi connectivity index (χ1v) is 5.90. The van der Waals surface area contributed by atoms with Crippen molar-refractivity contribution < 1.29 is 18.7 Å². The predicted molar refractivity (Wildman–Crippen MR) is 70.0 cm³/mol. The van der Waals surface area contributed by atoms with Crippen LogP contribution in [0, 0.1) is 5.82 Å². The molecule has 0 unspecified atom stereocenters. The van der Waals surface area contributed by atoms with Crippen molar-refractivity contribution in [3.63, 3.8) is 0 Å². The van der Waals surface area contributed by atoms with E-state index in [-0.39, 0.29) is 11.4 Å². The second-order valence-corrected chi connectivity index (χ2v) is 5.26. The molecule has 1 heterocycles. The Morgan fingerprint density at radius 3 is 2.53 bits per heavy atom. The fourth-order valence-electron chi connectivity index (χ4n) is 1.73. The SMILES string of the molecule is COc1cc2cc(C(=O)OC(C)(C)C)[nH]c2cc1F. The summed E-state index contributed by atoms with van der Waals surface area (Å²) in [7, 11) is 1.39. The number of ether oxygens (including phenoxy) is 2.